The zero-order valence-electron chi connectivity index (χ0n) is 20.3. The summed E-state index contributed by atoms with van der Waals surface area (Å²) in [5.41, 5.74) is 1.02. The topological polar surface area (TPSA) is 35.5 Å². The number of benzene rings is 2. The minimum absolute atomic E-state index is 0.214. The maximum absolute atomic E-state index is 13.9. The molecule has 0 radical (unpaired) electrons. The van der Waals surface area contributed by atoms with E-state index in [0.717, 1.165) is 24.0 Å². The number of halogens is 1. The molecule has 1 fully saturated rings. The van der Waals surface area contributed by atoms with E-state index in [1.165, 1.54) is 63.9 Å². The molecule has 0 saturated heterocycles. The Hall–Kier alpha value is -2.36. The van der Waals surface area contributed by atoms with Gasteiger partial charge in [0.05, 0.1) is 12.2 Å². The molecule has 0 amide bonds. The number of rotatable bonds is 12. The molecule has 0 aliphatic heterocycles. The Morgan fingerprint density at radius 2 is 1.58 bits per heavy atom. The first-order valence-corrected chi connectivity index (χ1v) is 12.8. The highest BCUT2D eigenvalue weighted by atomic mass is 19.1. The van der Waals surface area contributed by atoms with Crippen molar-refractivity contribution in [3.8, 4) is 11.5 Å². The number of carbonyl (C=O) groups is 1. The van der Waals surface area contributed by atoms with Crippen molar-refractivity contribution in [2.24, 2.45) is 11.8 Å². The molecule has 1 aliphatic rings. The summed E-state index contributed by atoms with van der Waals surface area (Å²) < 4.78 is 25.1. The molecule has 1 saturated carbocycles. The smallest absolute Gasteiger partial charge is 0.343 e. The van der Waals surface area contributed by atoms with Gasteiger partial charge in [0, 0.05) is 6.07 Å². The second-order valence-corrected chi connectivity index (χ2v) is 9.31. The molecule has 3 nitrogen and oxygen atoms in total. The summed E-state index contributed by atoms with van der Waals surface area (Å²) in [5, 5.41) is 0. The average molecular weight is 455 g/mol. The predicted molar refractivity (Wildman–Crippen MR) is 131 cm³/mol. The summed E-state index contributed by atoms with van der Waals surface area (Å²) in [6.07, 6.45) is 13.9. The minimum Gasteiger partial charge on any atom is -0.494 e. The fourth-order valence-corrected chi connectivity index (χ4v) is 4.97. The zero-order chi connectivity index (χ0) is 23.5. The van der Waals surface area contributed by atoms with Crippen molar-refractivity contribution < 1.29 is 18.7 Å². The summed E-state index contributed by atoms with van der Waals surface area (Å²) in [4.78, 5) is 12.4. The third-order valence-corrected chi connectivity index (χ3v) is 6.94. The Balaban J connectivity index is 1.42. The first kappa shape index (κ1) is 25.3. The van der Waals surface area contributed by atoms with Crippen LogP contribution in [-0.4, -0.2) is 12.6 Å². The summed E-state index contributed by atoms with van der Waals surface area (Å²) in [7, 11) is 0. The number of ether oxygens (including phenoxy) is 2. The molecule has 0 heterocycles. The molecule has 180 valence electrons. The molecular weight excluding hydrogens is 415 g/mol. The van der Waals surface area contributed by atoms with Gasteiger partial charge in [-0.2, -0.15) is 0 Å². The highest BCUT2D eigenvalue weighted by Crippen LogP contribution is 2.36. The van der Waals surface area contributed by atoms with Gasteiger partial charge < -0.3 is 9.47 Å². The molecule has 2 atom stereocenters. The number of carbonyl (C=O) groups excluding carboxylic acids is 1. The summed E-state index contributed by atoms with van der Waals surface area (Å²) >= 11 is 0. The molecule has 2 unspecified atom stereocenters. The minimum atomic E-state index is -0.503. The summed E-state index contributed by atoms with van der Waals surface area (Å²) in [6.45, 7) is 4.86. The summed E-state index contributed by atoms with van der Waals surface area (Å²) in [6, 6.07) is 11.5. The fraction of sp³-hybridized carbons (Fsp3) is 0.552. The molecule has 0 N–H and O–H groups in total. The second kappa shape index (κ2) is 13.4. The molecule has 0 spiro atoms. The Morgan fingerprint density at radius 3 is 2.21 bits per heavy atom. The molecule has 0 bridgehead atoms. The lowest BCUT2D eigenvalue weighted by Crippen LogP contribution is -2.20. The van der Waals surface area contributed by atoms with E-state index in [4.69, 9.17) is 9.47 Å². The molecule has 1 aliphatic carbocycles. The molecule has 0 aromatic heterocycles. The Labute approximate surface area is 198 Å². The highest BCUT2D eigenvalue weighted by Gasteiger charge is 2.24. The van der Waals surface area contributed by atoms with Gasteiger partial charge in [-0.3, -0.25) is 0 Å². The van der Waals surface area contributed by atoms with Gasteiger partial charge in [-0.1, -0.05) is 71.3 Å². The van der Waals surface area contributed by atoms with Crippen molar-refractivity contribution in [1.82, 2.24) is 0 Å². The van der Waals surface area contributed by atoms with E-state index >= 15 is 0 Å². The molecule has 3 rings (SSSR count). The third kappa shape index (κ3) is 7.87. The largest absolute Gasteiger partial charge is 0.494 e. The molecule has 2 aromatic carbocycles. The first-order valence-electron chi connectivity index (χ1n) is 12.8. The molecule has 33 heavy (non-hydrogen) atoms. The third-order valence-electron chi connectivity index (χ3n) is 6.94. The predicted octanol–water partition coefficient (Wildman–Crippen LogP) is 8.15. The number of unbranched alkanes of at least 4 members (excludes halogenated alkanes) is 2. The van der Waals surface area contributed by atoms with Crippen LogP contribution < -0.4 is 9.47 Å². The van der Waals surface area contributed by atoms with Crippen molar-refractivity contribution in [3.05, 3.63) is 59.4 Å². The number of hydrogen-bond acceptors (Lipinski definition) is 3. The molecule has 4 heteroatoms. The standard InChI is InChI=1S/C29H39FO3/c1-3-5-6-10-23-11-7-8-12-24(23)13-9-20-32-26-17-15-25(16-18-26)29(31)33-27-19-14-22(4-2)28(30)21-27/h14-19,21,23-24H,3-13,20H2,1-2H3. The Kier molecular flexibility index (Phi) is 10.2. The van der Waals surface area contributed by atoms with Crippen LogP contribution in [0.15, 0.2) is 42.5 Å². The van der Waals surface area contributed by atoms with Gasteiger partial charge in [0.25, 0.3) is 0 Å². The van der Waals surface area contributed by atoms with Crippen LogP contribution in [-0.2, 0) is 6.42 Å². The highest BCUT2D eigenvalue weighted by molar-refractivity contribution is 5.91. The van der Waals surface area contributed by atoms with Crippen molar-refractivity contribution in [3.63, 3.8) is 0 Å². The first-order chi connectivity index (χ1) is 16.1. The van der Waals surface area contributed by atoms with Gasteiger partial charge in [-0.15, -0.1) is 0 Å². The van der Waals surface area contributed by atoms with E-state index in [9.17, 15) is 9.18 Å². The lowest BCUT2D eigenvalue weighted by atomic mass is 9.74. The van der Waals surface area contributed by atoms with Crippen molar-refractivity contribution >= 4 is 5.97 Å². The molecule has 2 aromatic rings. The van der Waals surface area contributed by atoms with Crippen LogP contribution in [0, 0.1) is 17.7 Å². The SMILES string of the molecule is CCCCCC1CCCCC1CCCOc1ccc(C(=O)Oc2ccc(CC)c(F)c2)cc1. The lowest BCUT2D eigenvalue weighted by Gasteiger charge is -2.31. The van der Waals surface area contributed by atoms with Crippen LogP contribution in [0.5, 0.6) is 11.5 Å². The van der Waals surface area contributed by atoms with Crippen LogP contribution in [0.2, 0.25) is 0 Å². The van der Waals surface area contributed by atoms with Crippen LogP contribution in [0.4, 0.5) is 4.39 Å². The number of hydrogen-bond donors (Lipinski definition) is 0. The number of esters is 1. The summed E-state index contributed by atoms with van der Waals surface area (Å²) in [5.74, 6) is 1.87. The van der Waals surface area contributed by atoms with Gasteiger partial charge in [0.2, 0.25) is 0 Å². The average Bonchev–Trinajstić information content (AvgIpc) is 2.83. The number of aryl methyl sites for hydroxylation is 1. The van der Waals surface area contributed by atoms with Gasteiger partial charge in [-0.05, 0) is 67.0 Å². The zero-order valence-corrected chi connectivity index (χ0v) is 20.3. The second-order valence-electron chi connectivity index (χ2n) is 9.31. The van der Waals surface area contributed by atoms with E-state index < -0.39 is 5.97 Å². The van der Waals surface area contributed by atoms with Crippen molar-refractivity contribution in [2.45, 2.75) is 84.5 Å². The van der Waals surface area contributed by atoms with E-state index in [1.807, 2.05) is 6.92 Å². The van der Waals surface area contributed by atoms with Crippen LogP contribution >= 0.6 is 0 Å². The molecular formula is C29H39FO3. The van der Waals surface area contributed by atoms with Crippen LogP contribution in [0.3, 0.4) is 0 Å². The Bertz CT molecular complexity index is 862. The lowest BCUT2D eigenvalue weighted by molar-refractivity contribution is 0.0734. The van der Waals surface area contributed by atoms with E-state index in [-0.39, 0.29) is 11.6 Å². The normalized spacial score (nSPS) is 18.2. The Morgan fingerprint density at radius 1 is 0.909 bits per heavy atom. The van der Waals surface area contributed by atoms with E-state index in [0.29, 0.717) is 24.2 Å². The monoisotopic (exact) mass is 454 g/mol. The maximum atomic E-state index is 13.9. The van der Waals surface area contributed by atoms with Gasteiger partial charge in [0.15, 0.2) is 0 Å². The van der Waals surface area contributed by atoms with Crippen LogP contribution in [0.1, 0.15) is 94.0 Å². The van der Waals surface area contributed by atoms with Crippen molar-refractivity contribution in [2.75, 3.05) is 6.61 Å². The maximum Gasteiger partial charge on any atom is 0.343 e. The van der Waals surface area contributed by atoms with Gasteiger partial charge >= 0.3 is 5.97 Å². The van der Waals surface area contributed by atoms with Crippen LogP contribution in [0.25, 0.3) is 0 Å². The van der Waals surface area contributed by atoms with E-state index in [1.54, 1.807) is 36.4 Å². The quantitative estimate of drug-likeness (QED) is 0.184. The van der Waals surface area contributed by atoms with Gasteiger partial charge in [-0.25, -0.2) is 9.18 Å². The van der Waals surface area contributed by atoms with Gasteiger partial charge in [0.1, 0.15) is 17.3 Å². The fourth-order valence-electron chi connectivity index (χ4n) is 4.97. The van der Waals surface area contributed by atoms with Crippen molar-refractivity contribution in [1.29, 1.82) is 0 Å². The van der Waals surface area contributed by atoms with E-state index in [2.05, 4.69) is 6.92 Å².